The zero-order valence-electron chi connectivity index (χ0n) is 23.2. The Morgan fingerprint density at radius 3 is 2.29 bits per heavy atom. The molecule has 2 aromatic rings. The molecule has 10 heteroatoms. The van der Waals surface area contributed by atoms with E-state index in [2.05, 4.69) is 5.32 Å². The van der Waals surface area contributed by atoms with Gasteiger partial charge in [0, 0.05) is 26.1 Å². The number of halogens is 1. The third-order valence-electron chi connectivity index (χ3n) is 6.12. The van der Waals surface area contributed by atoms with Gasteiger partial charge in [0.25, 0.3) is 0 Å². The number of hydrogen-bond donors (Lipinski definition) is 1. The summed E-state index contributed by atoms with van der Waals surface area (Å²) < 4.78 is 31.5. The van der Waals surface area contributed by atoms with Gasteiger partial charge in [0.15, 0.2) is 0 Å². The molecule has 0 saturated carbocycles. The van der Waals surface area contributed by atoms with Crippen LogP contribution >= 0.6 is 11.6 Å². The highest BCUT2D eigenvalue weighted by molar-refractivity contribution is 7.92. The molecule has 1 unspecified atom stereocenters. The van der Waals surface area contributed by atoms with Crippen LogP contribution in [-0.2, 0) is 26.2 Å². The topological polar surface area (TPSA) is 96.0 Å². The third-order valence-corrected chi connectivity index (χ3v) is 7.61. The molecule has 2 rings (SSSR count). The van der Waals surface area contributed by atoms with Crippen LogP contribution in [0.3, 0.4) is 0 Å². The molecule has 0 aliphatic heterocycles. The summed E-state index contributed by atoms with van der Waals surface area (Å²) in [6.45, 7) is 8.80. The molecule has 210 valence electrons. The fourth-order valence-electron chi connectivity index (χ4n) is 4.05. The van der Waals surface area contributed by atoms with E-state index in [1.807, 2.05) is 52.0 Å². The smallest absolute Gasteiger partial charge is 0.242 e. The van der Waals surface area contributed by atoms with Crippen LogP contribution in [0.15, 0.2) is 42.5 Å². The molecule has 0 aliphatic rings. The minimum absolute atomic E-state index is 0.0791. The normalized spacial score (nSPS) is 12.2. The van der Waals surface area contributed by atoms with Gasteiger partial charge in [0.05, 0.1) is 24.1 Å². The number of anilines is 1. The van der Waals surface area contributed by atoms with Crippen molar-refractivity contribution in [3.8, 4) is 5.75 Å². The van der Waals surface area contributed by atoms with E-state index in [1.165, 1.54) is 17.5 Å². The average molecular weight is 566 g/mol. The molecule has 0 bridgehead atoms. The van der Waals surface area contributed by atoms with Gasteiger partial charge < -0.3 is 15.0 Å². The third kappa shape index (κ3) is 9.20. The Labute approximate surface area is 232 Å². The van der Waals surface area contributed by atoms with Crippen LogP contribution in [0.1, 0.15) is 51.2 Å². The molecule has 0 radical (unpaired) electrons. The van der Waals surface area contributed by atoms with Gasteiger partial charge in [-0.1, -0.05) is 62.2 Å². The first-order valence-corrected chi connectivity index (χ1v) is 15.0. The molecule has 0 saturated heterocycles. The summed E-state index contributed by atoms with van der Waals surface area (Å²) in [7, 11) is -2.15. The van der Waals surface area contributed by atoms with Gasteiger partial charge in [-0.25, -0.2) is 8.42 Å². The number of ether oxygens (including phenoxy) is 1. The highest BCUT2D eigenvalue weighted by atomic mass is 35.5. The largest absolute Gasteiger partial charge is 0.495 e. The Morgan fingerprint density at radius 1 is 1.11 bits per heavy atom. The van der Waals surface area contributed by atoms with Crippen molar-refractivity contribution >= 4 is 39.1 Å². The van der Waals surface area contributed by atoms with Gasteiger partial charge in [-0.3, -0.25) is 13.9 Å². The van der Waals surface area contributed by atoms with Crippen LogP contribution in [0.5, 0.6) is 5.75 Å². The quantitative estimate of drug-likeness (QED) is 0.355. The Kier molecular flexibility index (Phi) is 11.9. The lowest BCUT2D eigenvalue weighted by Crippen LogP contribution is -2.49. The van der Waals surface area contributed by atoms with Crippen LogP contribution in [0.4, 0.5) is 5.69 Å². The summed E-state index contributed by atoms with van der Waals surface area (Å²) in [5.74, 6) is 0.323. The number of hydrogen-bond acceptors (Lipinski definition) is 5. The van der Waals surface area contributed by atoms with E-state index in [4.69, 9.17) is 16.3 Å². The van der Waals surface area contributed by atoms with E-state index in [0.29, 0.717) is 24.4 Å². The number of methoxy groups -OCH3 is 1. The molecular formula is C28H40ClN3O5S. The van der Waals surface area contributed by atoms with Crippen LogP contribution in [0, 0.1) is 12.8 Å². The number of nitrogens with one attached hydrogen (secondary N) is 1. The Morgan fingerprint density at radius 2 is 1.76 bits per heavy atom. The summed E-state index contributed by atoms with van der Waals surface area (Å²) in [6, 6.07) is 12.0. The maximum atomic E-state index is 13.5. The zero-order valence-corrected chi connectivity index (χ0v) is 24.7. The van der Waals surface area contributed by atoms with Crippen molar-refractivity contribution in [2.45, 2.75) is 59.5 Å². The molecule has 0 aliphatic carbocycles. The number of carbonyl (C=O) groups excluding carboxylic acids is 2. The first kappa shape index (κ1) is 31.4. The number of benzene rings is 2. The Balaban J connectivity index is 2.22. The van der Waals surface area contributed by atoms with Crippen molar-refractivity contribution in [3.05, 3.63) is 58.6 Å². The number of sulfonamides is 1. The molecule has 2 amide bonds. The fraction of sp³-hybridized carbons (Fsp3) is 0.500. The molecule has 1 N–H and O–H groups in total. The summed E-state index contributed by atoms with van der Waals surface area (Å²) >= 11 is 6.22. The van der Waals surface area contributed by atoms with Crippen molar-refractivity contribution in [1.29, 1.82) is 0 Å². The number of carbonyl (C=O) groups is 2. The number of rotatable bonds is 14. The molecule has 8 nitrogen and oxygen atoms in total. The second-order valence-corrected chi connectivity index (χ2v) is 12.1. The lowest BCUT2D eigenvalue weighted by Gasteiger charge is -2.31. The number of amides is 2. The zero-order chi connectivity index (χ0) is 28.5. The monoisotopic (exact) mass is 565 g/mol. The van der Waals surface area contributed by atoms with E-state index in [0.717, 1.165) is 17.4 Å². The average Bonchev–Trinajstić information content (AvgIpc) is 2.85. The van der Waals surface area contributed by atoms with E-state index >= 15 is 0 Å². The van der Waals surface area contributed by atoms with Gasteiger partial charge in [-0.05, 0) is 49.4 Å². The summed E-state index contributed by atoms with van der Waals surface area (Å²) in [5, 5.41) is 3.24. The van der Waals surface area contributed by atoms with E-state index in [9.17, 15) is 18.0 Å². The van der Waals surface area contributed by atoms with Crippen LogP contribution in [-0.4, -0.2) is 57.6 Å². The van der Waals surface area contributed by atoms with Crippen molar-refractivity contribution in [2.24, 2.45) is 5.92 Å². The van der Waals surface area contributed by atoms with Crippen molar-refractivity contribution in [2.75, 3.05) is 30.8 Å². The minimum atomic E-state index is -3.63. The fourth-order valence-corrected chi connectivity index (χ4v) is 5.26. The van der Waals surface area contributed by atoms with Gasteiger partial charge in [-0.2, -0.15) is 0 Å². The van der Waals surface area contributed by atoms with E-state index in [-0.39, 0.29) is 48.7 Å². The number of nitrogens with zero attached hydrogens (tertiary/aromatic N) is 2. The predicted octanol–water partition coefficient (Wildman–Crippen LogP) is 4.78. The molecule has 38 heavy (non-hydrogen) atoms. The van der Waals surface area contributed by atoms with Crippen molar-refractivity contribution in [1.82, 2.24) is 10.2 Å². The Hall–Kier alpha value is -2.78. The highest BCUT2D eigenvalue weighted by Crippen LogP contribution is 2.30. The molecule has 0 heterocycles. The summed E-state index contributed by atoms with van der Waals surface area (Å²) in [5.41, 5.74) is 2.42. The maximum absolute atomic E-state index is 13.5. The van der Waals surface area contributed by atoms with Gasteiger partial charge in [0.1, 0.15) is 11.8 Å². The first-order valence-electron chi connectivity index (χ1n) is 12.8. The minimum Gasteiger partial charge on any atom is -0.495 e. The highest BCUT2D eigenvalue weighted by Gasteiger charge is 2.29. The molecular weight excluding hydrogens is 526 g/mol. The van der Waals surface area contributed by atoms with Crippen LogP contribution < -0.4 is 14.4 Å². The molecule has 0 aromatic heterocycles. The summed E-state index contributed by atoms with van der Waals surface area (Å²) in [6.07, 6.45) is 1.92. The van der Waals surface area contributed by atoms with Gasteiger partial charge in [0.2, 0.25) is 21.8 Å². The van der Waals surface area contributed by atoms with Gasteiger partial charge >= 0.3 is 0 Å². The van der Waals surface area contributed by atoms with Crippen LogP contribution in [0.25, 0.3) is 0 Å². The predicted molar refractivity (Wildman–Crippen MR) is 153 cm³/mol. The van der Waals surface area contributed by atoms with Crippen LogP contribution in [0.2, 0.25) is 5.02 Å². The maximum Gasteiger partial charge on any atom is 0.242 e. The lowest BCUT2D eigenvalue weighted by atomic mass is 10.1. The molecule has 1 atom stereocenters. The summed E-state index contributed by atoms with van der Waals surface area (Å²) in [4.78, 5) is 28.1. The van der Waals surface area contributed by atoms with E-state index < -0.39 is 16.1 Å². The van der Waals surface area contributed by atoms with Crippen molar-refractivity contribution in [3.63, 3.8) is 0 Å². The molecule has 2 aromatic carbocycles. The standard InChI is InChI=1S/C28H40ClN3O5S/c1-7-25(28(34)30-18-20(2)3)31(19-22-12-10-21(4)11-13-22)27(33)9-8-16-32(38(6,35)36)23-14-15-26(37-5)24(29)17-23/h10-15,17,20,25H,7-9,16,18-19H2,1-6H3,(H,30,34). The SMILES string of the molecule is CCC(C(=O)NCC(C)C)N(Cc1ccc(C)cc1)C(=O)CCCN(c1ccc(OC)c(Cl)c1)S(C)(=O)=O. The Bertz CT molecular complexity index is 1190. The van der Waals surface area contributed by atoms with E-state index in [1.54, 1.807) is 17.0 Å². The molecule has 0 fully saturated rings. The second kappa shape index (κ2) is 14.4. The molecule has 0 spiro atoms. The van der Waals surface area contributed by atoms with Gasteiger partial charge in [-0.15, -0.1) is 0 Å². The number of aryl methyl sites for hydroxylation is 1. The second-order valence-electron chi connectivity index (χ2n) is 9.83. The lowest BCUT2D eigenvalue weighted by molar-refractivity contribution is -0.141. The van der Waals surface area contributed by atoms with Crippen molar-refractivity contribution < 1.29 is 22.7 Å². The first-order chi connectivity index (χ1) is 17.9.